The Morgan fingerprint density at radius 3 is 2.36 bits per heavy atom. The fraction of sp³-hybridized carbons (Fsp3) is 0.333. The first-order valence-corrected chi connectivity index (χ1v) is 9.05. The van der Waals surface area contributed by atoms with Crippen molar-refractivity contribution >= 4 is 11.9 Å². The van der Waals surface area contributed by atoms with E-state index in [0.717, 1.165) is 11.1 Å². The van der Waals surface area contributed by atoms with Crippen LogP contribution in [0.3, 0.4) is 0 Å². The lowest BCUT2D eigenvalue weighted by atomic mass is 10.0. The molecule has 2 N–H and O–H groups in total. The molecule has 150 valence electrons. The molecule has 0 heterocycles. The fourth-order valence-electron chi connectivity index (χ4n) is 3.06. The van der Waals surface area contributed by atoms with Crippen LogP contribution in [0.15, 0.2) is 48.5 Å². The second-order valence-corrected chi connectivity index (χ2v) is 6.23. The maximum Gasteiger partial charge on any atom is 0.321 e. The molecule has 0 aliphatic rings. The van der Waals surface area contributed by atoms with Gasteiger partial charge in [-0.1, -0.05) is 42.5 Å². The molecule has 0 aromatic heterocycles. The molecule has 2 rings (SSSR count). The Morgan fingerprint density at radius 2 is 1.75 bits per heavy atom. The second-order valence-electron chi connectivity index (χ2n) is 6.23. The zero-order valence-corrected chi connectivity index (χ0v) is 16.7. The molecular formula is C21H27N3O4. The van der Waals surface area contributed by atoms with Crippen LogP contribution >= 0.6 is 0 Å². The predicted octanol–water partition coefficient (Wildman–Crippen LogP) is 2.72. The zero-order valence-electron chi connectivity index (χ0n) is 16.7. The van der Waals surface area contributed by atoms with Gasteiger partial charge in [0.05, 0.1) is 14.2 Å². The van der Waals surface area contributed by atoms with Crippen molar-refractivity contribution < 1.29 is 19.1 Å². The summed E-state index contributed by atoms with van der Waals surface area (Å²) in [4.78, 5) is 26.6. The predicted molar refractivity (Wildman–Crippen MR) is 107 cm³/mol. The van der Waals surface area contributed by atoms with Gasteiger partial charge in [-0.2, -0.15) is 0 Å². The van der Waals surface area contributed by atoms with Crippen molar-refractivity contribution in [1.82, 2.24) is 15.5 Å². The average Bonchev–Trinajstić information content (AvgIpc) is 2.68. The first-order valence-electron chi connectivity index (χ1n) is 9.05. The quantitative estimate of drug-likeness (QED) is 0.730. The molecule has 3 amide bonds. The van der Waals surface area contributed by atoms with Crippen LogP contribution in [0.1, 0.15) is 24.1 Å². The van der Waals surface area contributed by atoms with Gasteiger partial charge in [-0.3, -0.25) is 15.0 Å². The molecule has 0 unspecified atom stereocenters. The van der Waals surface area contributed by atoms with Crippen LogP contribution in [0.2, 0.25) is 0 Å². The Balaban J connectivity index is 2.31. The summed E-state index contributed by atoms with van der Waals surface area (Å²) < 4.78 is 10.8. The fourth-order valence-corrected chi connectivity index (χ4v) is 3.06. The third-order valence-electron chi connectivity index (χ3n) is 4.28. The molecule has 0 spiro atoms. The molecule has 0 bridgehead atoms. The summed E-state index contributed by atoms with van der Waals surface area (Å²) in [6.07, 6.45) is 0. The van der Waals surface area contributed by atoms with E-state index in [2.05, 4.69) is 10.6 Å². The van der Waals surface area contributed by atoms with E-state index in [-0.39, 0.29) is 0 Å². The van der Waals surface area contributed by atoms with Gasteiger partial charge >= 0.3 is 6.03 Å². The van der Waals surface area contributed by atoms with Crippen LogP contribution in [0, 0.1) is 0 Å². The molecule has 0 saturated heterocycles. The van der Waals surface area contributed by atoms with E-state index in [4.69, 9.17) is 9.47 Å². The van der Waals surface area contributed by atoms with E-state index in [1.807, 2.05) is 60.5 Å². The highest BCUT2D eigenvalue weighted by atomic mass is 16.5. The molecule has 7 heteroatoms. The van der Waals surface area contributed by atoms with Gasteiger partial charge in [0.2, 0.25) is 5.91 Å². The molecule has 0 fully saturated rings. The molecule has 0 saturated carbocycles. The topological polar surface area (TPSA) is 79.9 Å². The largest absolute Gasteiger partial charge is 0.493 e. The molecular weight excluding hydrogens is 358 g/mol. The van der Waals surface area contributed by atoms with Gasteiger partial charge < -0.3 is 14.8 Å². The second kappa shape index (κ2) is 10.3. The van der Waals surface area contributed by atoms with E-state index in [9.17, 15) is 9.59 Å². The van der Waals surface area contributed by atoms with Crippen molar-refractivity contribution in [2.24, 2.45) is 0 Å². The molecule has 0 radical (unpaired) electrons. The van der Waals surface area contributed by atoms with Gasteiger partial charge in [-0.05, 0) is 25.6 Å². The van der Waals surface area contributed by atoms with Gasteiger partial charge in [-0.15, -0.1) is 0 Å². The van der Waals surface area contributed by atoms with E-state index < -0.39 is 18.0 Å². The number of nitrogens with one attached hydrogen (secondary N) is 2. The van der Waals surface area contributed by atoms with Crippen LogP contribution in [0.4, 0.5) is 4.79 Å². The molecule has 2 aromatic rings. The third-order valence-corrected chi connectivity index (χ3v) is 4.28. The summed E-state index contributed by atoms with van der Waals surface area (Å²) in [6, 6.07) is 13.8. The van der Waals surface area contributed by atoms with Gasteiger partial charge in [0, 0.05) is 18.7 Å². The van der Waals surface area contributed by atoms with Crippen LogP contribution in [-0.4, -0.2) is 44.7 Å². The van der Waals surface area contributed by atoms with Gasteiger partial charge in [-0.25, -0.2) is 4.79 Å². The number of hydrogen-bond acceptors (Lipinski definition) is 5. The van der Waals surface area contributed by atoms with Crippen LogP contribution in [0.5, 0.6) is 11.5 Å². The minimum absolute atomic E-state index is 0.401. The van der Waals surface area contributed by atoms with Gasteiger partial charge in [0.1, 0.15) is 6.04 Å². The number of para-hydroxylation sites is 1. The summed E-state index contributed by atoms with van der Waals surface area (Å²) in [5.41, 5.74) is 1.66. The number of benzene rings is 2. The number of nitrogens with zero attached hydrogens (tertiary/aromatic N) is 1. The van der Waals surface area contributed by atoms with Crippen LogP contribution in [0.25, 0.3) is 0 Å². The molecule has 2 aromatic carbocycles. The maximum atomic E-state index is 12.9. The Morgan fingerprint density at radius 1 is 1.04 bits per heavy atom. The smallest absolute Gasteiger partial charge is 0.321 e. The minimum Gasteiger partial charge on any atom is -0.493 e. The lowest BCUT2D eigenvalue weighted by Gasteiger charge is -2.28. The van der Waals surface area contributed by atoms with E-state index in [0.29, 0.717) is 24.6 Å². The number of amides is 3. The van der Waals surface area contributed by atoms with Crippen molar-refractivity contribution in [3.8, 4) is 11.5 Å². The first kappa shape index (κ1) is 21.2. The van der Waals surface area contributed by atoms with Crippen LogP contribution < -0.4 is 20.1 Å². The number of likely N-dealkylation sites (N-methyl/N-ethyl adjacent to an activating group) is 1. The lowest BCUT2D eigenvalue weighted by Crippen LogP contribution is -2.45. The van der Waals surface area contributed by atoms with Crippen molar-refractivity contribution in [1.29, 1.82) is 0 Å². The van der Waals surface area contributed by atoms with E-state index >= 15 is 0 Å². The normalized spacial score (nSPS) is 11.6. The summed E-state index contributed by atoms with van der Waals surface area (Å²) in [6.45, 7) is 2.65. The van der Waals surface area contributed by atoms with Crippen molar-refractivity contribution in [3.05, 3.63) is 59.7 Å². The van der Waals surface area contributed by atoms with Crippen molar-refractivity contribution in [2.45, 2.75) is 19.5 Å². The van der Waals surface area contributed by atoms with Gasteiger partial charge in [0.15, 0.2) is 11.5 Å². The summed E-state index contributed by atoms with van der Waals surface area (Å²) in [5.74, 6) is 0.839. The van der Waals surface area contributed by atoms with Crippen molar-refractivity contribution in [3.63, 3.8) is 0 Å². The number of rotatable bonds is 8. The Kier molecular flexibility index (Phi) is 7.83. The van der Waals surface area contributed by atoms with Crippen molar-refractivity contribution in [2.75, 3.05) is 27.8 Å². The number of methoxy groups -OCH3 is 2. The van der Waals surface area contributed by atoms with E-state index in [1.165, 1.54) is 0 Å². The summed E-state index contributed by atoms with van der Waals surface area (Å²) in [7, 11) is 4.99. The Hall–Kier alpha value is -3.06. The highest BCUT2D eigenvalue weighted by molar-refractivity contribution is 5.97. The highest BCUT2D eigenvalue weighted by Gasteiger charge is 2.27. The number of hydrogen-bond donors (Lipinski definition) is 2. The number of urea groups is 1. The summed E-state index contributed by atoms with van der Waals surface area (Å²) in [5, 5.41) is 4.99. The highest BCUT2D eigenvalue weighted by Crippen LogP contribution is 2.33. The first-order chi connectivity index (χ1) is 13.5. The molecule has 7 nitrogen and oxygen atoms in total. The minimum atomic E-state index is -0.653. The number of imide groups is 1. The standard InChI is InChI=1S/C21H27N3O4/c1-5-22-21(26)23-20(25)18(15-10-7-6-8-11-15)24(2)14-16-12-9-13-17(27-3)19(16)28-4/h6-13,18H,5,14H2,1-4H3,(H2,22,23,25,26)/t18-/m1/s1. The zero-order chi connectivity index (χ0) is 20.5. The lowest BCUT2D eigenvalue weighted by molar-refractivity contribution is -0.125. The molecule has 0 aliphatic heterocycles. The van der Waals surface area contributed by atoms with Crippen LogP contribution in [-0.2, 0) is 11.3 Å². The number of ether oxygens (including phenoxy) is 2. The molecule has 1 atom stereocenters. The number of carbonyl (C=O) groups excluding carboxylic acids is 2. The SMILES string of the molecule is CCNC(=O)NC(=O)[C@@H](c1ccccc1)N(C)Cc1cccc(OC)c1OC. The summed E-state index contributed by atoms with van der Waals surface area (Å²) >= 11 is 0. The average molecular weight is 385 g/mol. The molecule has 0 aliphatic carbocycles. The van der Waals surface area contributed by atoms with E-state index in [1.54, 1.807) is 21.1 Å². The Labute approximate surface area is 165 Å². The third kappa shape index (κ3) is 5.23. The van der Waals surface area contributed by atoms with Gasteiger partial charge in [0.25, 0.3) is 0 Å². The maximum absolute atomic E-state index is 12.9. The molecule has 28 heavy (non-hydrogen) atoms. The number of carbonyl (C=O) groups is 2. The monoisotopic (exact) mass is 385 g/mol. The Bertz CT molecular complexity index is 795.